The van der Waals surface area contributed by atoms with Crippen LogP contribution in [0.25, 0.3) is 0 Å². The summed E-state index contributed by atoms with van der Waals surface area (Å²) in [6.07, 6.45) is 6.15. The van der Waals surface area contributed by atoms with Crippen LogP contribution in [0.4, 0.5) is 0 Å². The van der Waals surface area contributed by atoms with Crippen molar-refractivity contribution < 1.29 is 9.90 Å². The Hall–Kier alpha value is -0.320. The van der Waals surface area contributed by atoms with Gasteiger partial charge in [-0.3, -0.25) is 4.79 Å². The van der Waals surface area contributed by atoms with Crippen LogP contribution in [0.2, 0.25) is 0 Å². The Morgan fingerprint density at radius 1 is 1.62 bits per heavy atom. The monoisotopic (exact) mass is 294 g/mol. The van der Waals surface area contributed by atoms with Crippen molar-refractivity contribution >= 4 is 28.6 Å². The summed E-state index contributed by atoms with van der Waals surface area (Å²) in [5, 5.41) is 8.51. The largest absolute Gasteiger partial charge is 0.481 e. The van der Waals surface area contributed by atoms with Gasteiger partial charge < -0.3 is 5.11 Å². The highest BCUT2D eigenvalue weighted by atomic mass is 127. The summed E-state index contributed by atoms with van der Waals surface area (Å²) in [6.45, 7) is 4.00. The lowest BCUT2D eigenvalue weighted by atomic mass is 10.0. The third-order valence-corrected chi connectivity index (χ3v) is 2.77. The number of hydrogen-bond acceptors (Lipinski definition) is 1. The minimum Gasteiger partial charge on any atom is -0.481 e. The van der Waals surface area contributed by atoms with Crippen LogP contribution >= 0.6 is 22.6 Å². The molecule has 74 valence electrons. The fourth-order valence-electron chi connectivity index (χ4n) is 1.00. The zero-order valence-electron chi connectivity index (χ0n) is 8.01. The van der Waals surface area contributed by atoms with Crippen LogP contribution in [0.5, 0.6) is 0 Å². The molecule has 3 heteroatoms. The smallest absolute Gasteiger partial charge is 0.307 e. The van der Waals surface area contributed by atoms with Crippen molar-refractivity contribution in [2.24, 2.45) is 0 Å². The molecule has 0 bridgehead atoms. The average Bonchev–Trinajstić information content (AvgIpc) is 2.12. The molecule has 0 unspecified atom stereocenters. The summed E-state index contributed by atoms with van der Waals surface area (Å²) in [6, 6.07) is 0. The fourth-order valence-corrected chi connectivity index (χ4v) is 1.69. The summed E-state index contributed by atoms with van der Waals surface area (Å²) in [5.41, 5.74) is 0.962. The van der Waals surface area contributed by atoms with Crippen molar-refractivity contribution in [3.05, 3.63) is 21.3 Å². The van der Waals surface area contributed by atoms with E-state index in [-0.39, 0.29) is 6.42 Å². The number of allylic oxidation sites excluding steroid dienone is 3. The number of carboxylic acid groups (broad SMARTS) is 1. The van der Waals surface area contributed by atoms with Crippen LogP contribution in [0, 0.1) is 0 Å². The Morgan fingerprint density at radius 2 is 2.23 bits per heavy atom. The van der Waals surface area contributed by atoms with Crippen molar-refractivity contribution in [3.8, 4) is 0 Å². The molecule has 1 N–H and O–H groups in total. The predicted octanol–water partition coefficient (Wildman–Crippen LogP) is 3.53. The van der Waals surface area contributed by atoms with Gasteiger partial charge in [0, 0.05) is 0 Å². The molecule has 0 amide bonds. The number of carboxylic acids is 1. The normalized spacial score (nSPS) is 15.0. The van der Waals surface area contributed by atoms with Gasteiger partial charge in [0.25, 0.3) is 0 Å². The first-order valence-corrected chi connectivity index (χ1v) is 5.54. The molecule has 0 spiro atoms. The van der Waals surface area contributed by atoms with E-state index in [9.17, 15) is 4.79 Å². The summed E-state index contributed by atoms with van der Waals surface area (Å²) < 4.78 is 1.19. The second-order valence-corrected chi connectivity index (χ2v) is 3.74. The molecule has 1 aliphatic carbocycles. The maximum absolute atomic E-state index is 10.3. The molecule has 0 heterocycles. The van der Waals surface area contributed by atoms with Crippen LogP contribution in [-0.2, 0) is 4.79 Å². The summed E-state index contributed by atoms with van der Waals surface area (Å²) in [4.78, 5) is 10.3. The van der Waals surface area contributed by atoms with Crippen LogP contribution in [0.15, 0.2) is 21.3 Å². The highest BCUT2D eigenvalue weighted by molar-refractivity contribution is 14.1. The second-order valence-electron chi connectivity index (χ2n) is 2.44. The van der Waals surface area contributed by atoms with Crippen molar-refractivity contribution in [2.75, 3.05) is 0 Å². The molecule has 0 aromatic rings. The van der Waals surface area contributed by atoms with E-state index >= 15 is 0 Å². The molecule has 13 heavy (non-hydrogen) atoms. The minimum absolute atomic E-state index is 0.161. The summed E-state index contributed by atoms with van der Waals surface area (Å²) in [7, 11) is 0. The Morgan fingerprint density at radius 3 is 2.69 bits per heavy atom. The molecular formula is C10H15IO2. The first kappa shape index (κ1) is 12.7. The van der Waals surface area contributed by atoms with E-state index in [1.165, 1.54) is 3.58 Å². The molecule has 0 fully saturated rings. The number of halogens is 1. The average molecular weight is 294 g/mol. The van der Waals surface area contributed by atoms with Crippen molar-refractivity contribution in [1.29, 1.82) is 0 Å². The van der Waals surface area contributed by atoms with Crippen LogP contribution < -0.4 is 0 Å². The van der Waals surface area contributed by atoms with Gasteiger partial charge in [0.2, 0.25) is 0 Å². The van der Waals surface area contributed by atoms with Gasteiger partial charge in [-0.2, -0.15) is 0 Å². The summed E-state index contributed by atoms with van der Waals surface area (Å²) in [5.74, 6) is -0.749. The lowest BCUT2D eigenvalue weighted by Gasteiger charge is -2.08. The first-order valence-electron chi connectivity index (χ1n) is 4.46. The van der Waals surface area contributed by atoms with Gasteiger partial charge in [-0.1, -0.05) is 26.0 Å². The van der Waals surface area contributed by atoms with E-state index in [0.717, 1.165) is 18.4 Å². The third-order valence-electron chi connectivity index (χ3n) is 1.54. The van der Waals surface area contributed by atoms with Crippen LogP contribution in [0.3, 0.4) is 0 Å². The second kappa shape index (κ2) is 7.12. The van der Waals surface area contributed by atoms with Gasteiger partial charge in [-0.15, -0.1) is 0 Å². The van der Waals surface area contributed by atoms with Crippen LogP contribution in [0.1, 0.15) is 33.1 Å². The van der Waals surface area contributed by atoms with Gasteiger partial charge in [0.1, 0.15) is 0 Å². The molecule has 0 aliphatic heterocycles. The Kier molecular flexibility index (Phi) is 6.94. The van der Waals surface area contributed by atoms with E-state index in [2.05, 4.69) is 22.6 Å². The lowest BCUT2D eigenvalue weighted by Crippen LogP contribution is -1.99. The molecule has 0 saturated carbocycles. The molecule has 0 atom stereocenters. The number of carbonyl (C=O) groups is 1. The fraction of sp³-hybridized carbons (Fsp3) is 0.500. The SMILES string of the molecule is CC.O=C(O)CC1=C(I)CCC=C1. The maximum atomic E-state index is 10.3. The van der Waals surface area contributed by atoms with Crippen molar-refractivity contribution in [1.82, 2.24) is 0 Å². The maximum Gasteiger partial charge on any atom is 0.307 e. The van der Waals surface area contributed by atoms with Gasteiger partial charge in [0.15, 0.2) is 0 Å². The number of hydrogen-bond donors (Lipinski definition) is 1. The highest BCUT2D eigenvalue weighted by Gasteiger charge is 2.08. The predicted molar refractivity (Wildman–Crippen MR) is 63.0 cm³/mol. The Bertz CT molecular complexity index is 229. The third kappa shape index (κ3) is 5.08. The van der Waals surface area contributed by atoms with Gasteiger partial charge >= 0.3 is 5.97 Å². The minimum atomic E-state index is -0.749. The molecular weight excluding hydrogens is 279 g/mol. The quantitative estimate of drug-likeness (QED) is 0.791. The standard InChI is InChI=1S/C8H9IO2.C2H6/c9-7-4-2-1-3-6(7)5-8(10)11;1-2/h1,3H,2,4-5H2,(H,10,11);1-2H3. The molecule has 1 rings (SSSR count). The Balaban J connectivity index is 0.000000671. The van der Waals surface area contributed by atoms with E-state index in [0.29, 0.717) is 0 Å². The van der Waals surface area contributed by atoms with Crippen molar-refractivity contribution in [3.63, 3.8) is 0 Å². The van der Waals surface area contributed by atoms with Gasteiger partial charge in [-0.25, -0.2) is 0 Å². The van der Waals surface area contributed by atoms with Crippen LogP contribution in [-0.4, -0.2) is 11.1 Å². The molecule has 1 aliphatic rings. The highest BCUT2D eigenvalue weighted by Crippen LogP contribution is 2.26. The molecule has 0 aromatic carbocycles. The van der Waals surface area contributed by atoms with E-state index < -0.39 is 5.97 Å². The number of rotatable bonds is 2. The van der Waals surface area contributed by atoms with Gasteiger partial charge in [-0.05, 0) is 44.6 Å². The zero-order valence-corrected chi connectivity index (χ0v) is 10.2. The Labute approximate surface area is 92.9 Å². The topological polar surface area (TPSA) is 37.3 Å². The van der Waals surface area contributed by atoms with E-state index in [1.807, 2.05) is 26.0 Å². The summed E-state index contributed by atoms with van der Waals surface area (Å²) >= 11 is 2.22. The molecule has 0 aromatic heterocycles. The van der Waals surface area contributed by atoms with Crippen molar-refractivity contribution in [2.45, 2.75) is 33.1 Å². The number of aliphatic carboxylic acids is 1. The van der Waals surface area contributed by atoms with Gasteiger partial charge in [0.05, 0.1) is 6.42 Å². The molecule has 0 saturated heterocycles. The molecule has 2 nitrogen and oxygen atoms in total. The van der Waals surface area contributed by atoms with E-state index in [1.54, 1.807) is 0 Å². The first-order chi connectivity index (χ1) is 6.20. The van der Waals surface area contributed by atoms with E-state index in [4.69, 9.17) is 5.11 Å². The zero-order chi connectivity index (χ0) is 10.3. The molecule has 0 radical (unpaired) electrons. The lowest BCUT2D eigenvalue weighted by molar-refractivity contribution is -0.136.